The Kier molecular flexibility index (Phi) is 13.6. The Morgan fingerprint density at radius 2 is 1.49 bits per heavy atom. The van der Waals surface area contributed by atoms with Crippen molar-refractivity contribution in [1.82, 2.24) is 10.2 Å². The van der Waals surface area contributed by atoms with E-state index < -0.39 is 160 Å². The van der Waals surface area contributed by atoms with E-state index in [-0.39, 0.29) is 34.6 Å². The number of rotatable bonds is 11. The first-order valence-corrected chi connectivity index (χ1v) is 21.9. The van der Waals surface area contributed by atoms with E-state index in [1.54, 1.807) is 30.3 Å². The summed E-state index contributed by atoms with van der Waals surface area (Å²) >= 11 is 0. The van der Waals surface area contributed by atoms with Gasteiger partial charge in [0.1, 0.15) is 78.4 Å². The van der Waals surface area contributed by atoms with Gasteiger partial charge in [0, 0.05) is 35.4 Å². The summed E-state index contributed by atoms with van der Waals surface area (Å²) < 4.78 is 35.0. The van der Waals surface area contributed by atoms with Crippen molar-refractivity contribution in [2.75, 3.05) is 20.8 Å². The molecule has 372 valence electrons. The number of hydrogen-bond donors (Lipinski definition) is 10. The number of aliphatic hydroxyl groups is 5. The summed E-state index contributed by atoms with van der Waals surface area (Å²) in [4.78, 5) is 68.5. The Morgan fingerprint density at radius 1 is 0.829 bits per heavy atom. The third-order valence-electron chi connectivity index (χ3n) is 13.0. The van der Waals surface area contributed by atoms with Gasteiger partial charge in [0.25, 0.3) is 5.91 Å². The zero-order valence-electron chi connectivity index (χ0n) is 38.0. The highest BCUT2D eigenvalue weighted by atomic mass is 16.7. The number of fused-ring (bicyclic) bond motifs is 5. The van der Waals surface area contributed by atoms with Crippen LogP contribution in [-0.2, 0) is 35.1 Å². The predicted octanol–water partition coefficient (Wildman–Crippen LogP) is 1.44. The minimum absolute atomic E-state index is 0.00714. The van der Waals surface area contributed by atoms with Crippen LogP contribution in [0.15, 0.2) is 54.6 Å². The molecule has 0 spiro atoms. The number of carbonyl (C=O) groups is 5. The fraction of sp³-hybridized carbons (Fsp3) is 0.396. The Balaban J connectivity index is 1.22. The second-order valence-corrected chi connectivity index (χ2v) is 17.4. The molecular formula is C48H50N2O20. The molecule has 2 aliphatic heterocycles. The van der Waals surface area contributed by atoms with E-state index in [1.165, 1.54) is 47.1 Å². The smallest absolute Gasteiger partial charge is 0.410 e. The van der Waals surface area contributed by atoms with Gasteiger partial charge in [0.2, 0.25) is 0 Å². The van der Waals surface area contributed by atoms with E-state index in [0.717, 1.165) is 17.0 Å². The first kappa shape index (κ1) is 49.7. The molecule has 0 radical (unpaired) electrons. The van der Waals surface area contributed by atoms with Crippen LogP contribution in [-0.4, -0.2) is 162 Å². The highest BCUT2D eigenvalue weighted by Crippen LogP contribution is 2.57. The lowest BCUT2D eigenvalue weighted by atomic mass is 9.74. The Bertz CT molecular complexity index is 2770. The summed E-state index contributed by atoms with van der Waals surface area (Å²) in [5.41, 5.74) is -3.19. The zero-order chi connectivity index (χ0) is 50.8. The predicted molar refractivity (Wildman–Crippen MR) is 236 cm³/mol. The molecular weight excluding hydrogens is 925 g/mol. The summed E-state index contributed by atoms with van der Waals surface area (Å²) in [6.45, 7) is 3.33. The number of hydrogen-bond acceptors (Lipinski definition) is 19. The lowest BCUT2D eigenvalue weighted by Gasteiger charge is -2.49. The molecule has 0 bridgehead atoms. The van der Waals surface area contributed by atoms with Gasteiger partial charge in [-0.3, -0.25) is 19.2 Å². The van der Waals surface area contributed by atoms with Crippen molar-refractivity contribution >= 4 is 29.5 Å². The van der Waals surface area contributed by atoms with Gasteiger partial charge >= 0.3 is 12.1 Å². The van der Waals surface area contributed by atoms with Crippen molar-refractivity contribution < 1.29 is 98.4 Å². The van der Waals surface area contributed by atoms with E-state index >= 15 is 0 Å². The summed E-state index contributed by atoms with van der Waals surface area (Å²) in [6, 6.07) is 10.5. The Morgan fingerprint density at radius 3 is 2.16 bits per heavy atom. The van der Waals surface area contributed by atoms with E-state index in [4.69, 9.17) is 28.4 Å². The van der Waals surface area contributed by atoms with Crippen LogP contribution in [0, 0.1) is 6.92 Å². The number of carboxylic acids is 1. The molecule has 22 nitrogen and oxygen atoms in total. The number of aromatic hydroxyl groups is 3. The van der Waals surface area contributed by atoms with Crippen molar-refractivity contribution in [2.24, 2.45) is 0 Å². The first-order chi connectivity index (χ1) is 33.2. The maximum Gasteiger partial charge on any atom is 0.410 e. The summed E-state index contributed by atoms with van der Waals surface area (Å²) in [5.74, 6) is -6.91. The molecule has 0 unspecified atom stereocenters. The number of carboxylic acid groups (broad SMARTS) is 1. The molecule has 4 aromatic rings. The van der Waals surface area contributed by atoms with Crippen LogP contribution in [0.25, 0.3) is 11.1 Å². The third kappa shape index (κ3) is 8.56. The lowest BCUT2D eigenvalue weighted by Crippen LogP contribution is -2.66. The average molecular weight is 975 g/mol. The number of carbonyl (C=O) groups excluding carboxylic acids is 4. The normalized spacial score (nSPS) is 27.3. The van der Waals surface area contributed by atoms with Crippen LogP contribution >= 0.6 is 0 Å². The number of methoxy groups -OCH3 is 1. The third-order valence-corrected chi connectivity index (χ3v) is 13.0. The number of ketones is 2. The molecule has 4 aliphatic rings. The van der Waals surface area contributed by atoms with E-state index in [9.17, 15) is 69.9 Å². The SMILES string of the molecule is COc1cc(O)c2c(c1)C(=O)c1c(cc3c(c1O)-c1c(cc(C)c(C(=O)N[C@H](C)C(=O)O)c1O)[C@H](O[C@@H]1O[C@H](C)[C@H](N(C)C(=O)OCc4ccccc4)[C@H](O[C@@H]4OC[C@@H](O)[C@H](O)[C@H]4O)[C@H]1O)[C@H]3O)C2=O. The molecule has 2 amide bonds. The second kappa shape index (κ2) is 19.2. The van der Waals surface area contributed by atoms with Crippen molar-refractivity contribution in [3.05, 3.63) is 105 Å². The molecule has 2 heterocycles. The number of nitrogens with one attached hydrogen (secondary N) is 1. The summed E-state index contributed by atoms with van der Waals surface area (Å²) in [7, 11) is 2.57. The monoisotopic (exact) mass is 974 g/mol. The standard InChI is InChI=1S/C48H50N2O20/c1-17-11-25-31(38(57)28(17)44(61)49-18(2)45(62)63)30-23(14-24-32(39(30)58)35(54)22-12-21(65-5)13-26(51)29(22)34(24)53)36(55)42(25)69-47-41(60)43(70-46-40(59)37(56)27(52)16-66-46)33(19(3)68-47)50(4)48(64)67-15-20-9-7-6-8-10-20/h6-14,18-19,27,33,36-37,40-43,46-47,51-52,55-60H,15-16H2,1-5H3,(H,49,61)(H,62,63)/t18-,19-,27-,33+,36+,37+,40-,41-,42+,43+,46+,47+/m1/s1. The van der Waals surface area contributed by atoms with Gasteiger partial charge in [-0.2, -0.15) is 0 Å². The molecule has 22 heteroatoms. The van der Waals surface area contributed by atoms with E-state index in [1.807, 2.05) is 0 Å². The number of likely N-dealkylation sites (N-methyl/N-ethyl adjacent to an activating group) is 1. The Hall–Kier alpha value is -6.73. The minimum atomic E-state index is -2.01. The quantitative estimate of drug-likeness (QED) is 0.0895. The first-order valence-electron chi connectivity index (χ1n) is 21.9. The lowest BCUT2D eigenvalue weighted by molar-refractivity contribution is -0.344. The maximum absolute atomic E-state index is 14.2. The Labute approximate surface area is 397 Å². The van der Waals surface area contributed by atoms with Crippen LogP contribution in [0.2, 0.25) is 0 Å². The second-order valence-electron chi connectivity index (χ2n) is 17.4. The average Bonchev–Trinajstić information content (AvgIpc) is 3.32. The molecule has 70 heavy (non-hydrogen) atoms. The van der Waals surface area contributed by atoms with Crippen LogP contribution in [0.4, 0.5) is 4.79 Å². The van der Waals surface area contributed by atoms with E-state index in [2.05, 4.69) is 5.32 Å². The highest BCUT2D eigenvalue weighted by Gasteiger charge is 2.53. The van der Waals surface area contributed by atoms with Gasteiger partial charge in [-0.05, 0) is 55.2 Å². The number of phenols is 3. The fourth-order valence-electron chi connectivity index (χ4n) is 9.36. The minimum Gasteiger partial charge on any atom is -0.507 e. The van der Waals surface area contributed by atoms with Crippen LogP contribution in [0.1, 0.15) is 90.5 Å². The largest absolute Gasteiger partial charge is 0.507 e. The van der Waals surface area contributed by atoms with Gasteiger partial charge in [-0.25, -0.2) is 4.79 Å². The highest BCUT2D eigenvalue weighted by molar-refractivity contribution is 6.31. The molecule has 0 aromatic heterocycles. The van der Waals surface area contributed by atoms with Gasteiger partial charge in [-0.15, -0.1) is 0 Å². The number of phenolic OH excluding ortho intramolecular Hbond substituents is 3. The molecule has 12 atom stereocenters. The molecule has 4 aromatic carbocycles. The molecule has 2 saturated heterocycles. The number of ether oxygens (including phenoxy) is 6. The fourth-order valence-corrected chi connectivity index (χ4v) is 9.36. The molecule has 8 rings (SSSR count). The maximum atomic E-state index is 14.2. The van der Waals surface area contributed by atoms with Crippen molar-refractivity contribution in [2.45, 2.75) is 101 Å². The molecule has 0 saturated carbocycles. The number of nitrogens with zero attached hydrogens (tertiary/aromatic N) is 1. The van der Waals surface area contributed by atoms with Crippen molar-refractivity contribution in [1.29, 1.82) is 0 Å². The number of amides is 2. The van der Waals surface area contributed by atoms with Gasteiger partial charge < -0.3 is 84.6 Å². The van der Waals surface area contributed by atoms with E-state index in [0.29, 0.717) is 5.56 Å². The number of aliphatic hydroxyl groups excluding tert-OH is 5. The number of aliphatic carboxylic acids is 1. The molecule has 10 N–H and O–H groups in total. The summed E-state index contributed by atoms with van der Waals surface area (Å²) in [6.07, 6.45) is -18.3. The van der Waals surface area contributed by atoms with Gasteiger partial charge in [0.05, 0.1) is 42.6 Å². The van der Waals surface area contributed by atoms with Gasteiger partial charge in [0.15, 0.2) is 24.1 Å². The topological polar surface area (TPSA) is 338 Å². The van der Waals surface area contributed by atoms with Crippen LogP contribution in [0.3, 0.4) is 0 Å². The molecule has 2 aliphatic carbocycles. The van der Waals surface area contributed by atoms with Crippen LogP contribution in [0.5, 0.6) is 23.0 Å². The van der Waals surface area contributed by atoms with Gasteiger partial charge in [-0.1, -0.05) is 36.4 Å². The van der Waals surface area contributed by atoms with Crippen molar-refractivity contribution in [3.63, 3.8) is 0 Å². The molecule has 2 fully saturated rings. The number of aryl methyl sites for hydroxylation is 1. The zero-order valence-corrected chi connectivity index (χ0v) is 38.0. The number of benzene rings is 4. The van der Waals surface area contributed by atoms with Crippen LogP contribution < -0.4 is 10.1 Å². The van der Waals surface area contributed by atoms with Crippen molar-refractivity contribution in [3.8, 4) is 34.1 Å². The summed E-state index contributed by atoms with van der Waals surface area (Å²) in [5, 5.41) is 103.